The van der Waals surface area contributed by atoms with Gasteiger partial charge in [-0.25, -0.2) is 13.6 Å². The molecular formula is C3H9N3O2S2. The topological polar surface area (TPSA) is 98.2 Å². The Morgan fingerprint density at radius 2 is 2.10 bits per heavy atom. The lowest BCUT2D eigenvalue weighted by Crippen LogP contribution is -2.34. The monoisotopic (exact) mass is 183 g/mol. The van der Waals surface area contributed by atoms with Gasteiger partial charge in [0, 0.05) is 6.54 Å². The Balaban J connectivity index is 3.49. The summed E-state index contributed by atoms with van der Waals surface area (Å²) in [6.07, 6.45) is 0. The maximum Gasteiger partial charge on any atom is 0.210 e. The number of hydrogen-bond acceptors (Lipinski definition) is 3. The first kappa shape index (κ1) is 9.60. The molecule has 0 spiro atoms. The van der Waals surface area contributed by atoms with Gasteiger partial charge in [0.2, 0.25) is 10.0 Å². The van der Waals surface area contributed by atoms with Crippen molar-refractivity contribution in [2.45, 2.75) is 0 Å². The molecule has 0 fully saturated rings. The van der Waals surface area contributed by atoms with Crippen LogP contribution in [0, 0.1) is 0 Å². The molecule has 10 heavy (non-hydrogen) atoms. The fourth-order valence-corrected chi connectivity index (χ4v) is 0.805. The Labute approximate surface area is 64.8 Å². The van der Waals surface area contributed by atoms with E-state index in [2.05, 4.69) is 22.7 Å². The smallest absolute Gasteiger partial charge is 0.210 e. The number of hydrogen-bond donors (Lipinski definition) is 3. The largest absolute Gasteiger partial charge is 0.376 e. The van der Waals surface area contributed by atoms with E-state index in [0.29, 0.717) is 0 Å². The lowest BCUT2D eigenvalue weighted by molar-refractivity contribution is 0.596. The number of nitrogens with one attached hydrogen (secondary N) is 1. The summed E-state index contributed by atoms with van der Waals surface area (Å²) in [7, 11) is -3.40. The first-order valence-electron chi connectivity index (χ1n) is 2.45. The highest BCUT2D eigenvalue weighted by atomic mass is 32.2. The summed E-state index contributed by atoms with van der Waals surface area (Å²) in [6.45, 7) is 0.161. The normalized spacial score (nSPS) is 10.9. The van der Waals surface area contributed by atoms with E-state index >= 15 is 0 Å². The van der Waals surface area contributed by atoms with Crippen LogP contribution in [-0.4, -0.2) is 25.8 Å². The van der Waals surface area contributed by atoms with E-state index in [0.717, 1.165) is 0 Å². The molecule has 0 aliphatic heterocycles. The first-order valence-corrected chi connectivity index (χ1v) is 4.58. The summed E-state index contributed by atoms with van der Waals surface area (Å²) in [6, 6.07) is 0. The Kier molecular flexibility index (Phi) is 3.54. The SMILES string of the molecule is NC(=S)NCCS(N)(=O)=O. The van der Waals surface area contributed by atoms with Crippen LogP contribution in [0.2, 0.25) is 0 Å². The fraction of sp³-hybridized carbons (Fsp3) is 0.667. The second-order valence-corrected chi connectivity index (χ2v) is 3.83. The van der Waals surface area contributed by atoms with Crippen molar-refractivity contribution in [2.24, 2.45) is 10.9 Å². The quantitative estimate of drug-likeness (QED) is 0.444. The van der Waals surface area contributed by atoms with Gasteiger partial charge in [0.05, 0.1) is 5.75 Å². The summed E-state index contributed by atoms with van der Waals surface area (Å²) < 4.78 is 20.5. The molecule has 7 heteroatoms. The molecule has 0 atom stereocenters. The molecule has 0 radical (unpaired) electrons. The lowest BCUT2D eigenvalue weighted by atomic mass is 10.7. The number of thiocarbonyl (C=S) groups is 1. The molecule has 0 aromatic heterocycles. The minimum atomic E-state index is -3.40. The summed E-state index contributed by atoms with van der Waals surface area (Å²) in [5, 5.41) is 7.19. The maximum absolute atomic E-state index is 10.3. The van der Waals surface area contributed by atoms with E-state index in [9.17, 15) is 8.42 Å². The molecule has 5 N–H and O–H groups in total. The van der Waals surface area contributed by atoms with Gasteiger partial charge in [-0.15, -0.1) is 0 Å². The third-order valence-corrected chi connectivity index (χ3v) is 1.60. The third kappa shape index (κ3) is 7.60. The molecule has 0 amide bonds. The van der Waals surface area contributed by atoms with Crippen LogP contribution in [0.1, 0.15) is 0 Å². The van der Waals surface area contributed by atoms with Gasteiger partial charge in [-0.05, 0) is 12.2 Å². The standard InChI is InChI=1S/C3H9N3O2S2/c4-3(9)6-1-2-10(5,7)8/h1-2H2,(H3,4,6,9)(H2,5,7,8). The van der Waals surface area contributed by atoms with Crippen molar-refractivity contribution < 1.29 is 8.42 Å². The number of rotatable bonds is 3. The van der Waals surface area contributed by atoms with Gasteiger partial charge in [-0.1, -0.05) is 0 Å². The van der Waals surface area contributed by atoms with E-state index in [4.69, 9.17) is 5.73 Å². The zero-order valence-corrected chi connectivity index (χ0v) is 6.83. The molecule has 0 aliphatic rings. The van der Waals surface area contributed by atoms with Crippen molar-refractivity contribution in [1.29, 1.82) is 0 Å². The second kappa shape index (κ2) is 3.69. The Morgan fingerprint density at radius 3 is 2.40 bits per heavy atom. The molecule has 0 saturated heterocycles. The third-order valence-electron chi connectivity index (χ3n) is 0.686. The minimum Gasteiger partial charge on any atom is -0.376 e. The first-order chi connectivity index (χ1) is 4.42. The predicted octanol–water partition coefficient (Wildman–Crippen LogP) is -1.89. The molecule has 0 aromatic carbocycles. The molecule has 5 nitrogen and oxygen atoms in total. The molecule has 0 aromatic rings. The van der Waals surface area contributed by atoms with Gasteiger partial charge >= 0.3 is 0 Å². The molecule has 0 heterocycles. The highest BCUT2D eigenvalue weighted by molar-refractivity contribution is 7.89. The van der Waals surface area contributed by atoms with Crippen molar-refractivity contribution >= 4 is 27.4 Å². The zero-order chi connectivity index (χ0) is 8.20. The molecule has 0 rings (SSSR count). The summed E-state index contributed by atoms with van der Waals surface area (Å²) in [5.41, 5.74) is 5.01. The van der Waals surface area contributed by atoms with Crippen molar-refractivity contribution in [3.63, 3.8) is 0 Å². The van der Waals surface area contributed by atoms with E-state index in [-0.39, 0.29) is 17.4 Å². The second-order valence-electron chi connectivity index (χ2n) is 1.66. The number of nitrogens with two attached hydrogens (primary N) is 2. The van der Waals surface area contributed by atoms with Gasteiger partial charge in [-0.3, -0.25) is 0 Å². The van der Waals surface area contributed by atoms with E-state index in [1.807, 2.05) is 0 Å². The average molecular weight is 183 g/mol. The van der Waals surface area contributed by atoms with E-state index < -0.39 is 10.0 Å². The van der Waals surface area contributed by atoms with Crippen LogP contribution in [-0.2, 0) is 10.0 Å². The van der Waals surface area contributed by atoms with Crippen molar-refractivity contribution in [1.82, 2.24) is 5.32 Å². The highest BCUT2D eigenvalue weighted by Gasteiger charge is 2.00. The van der Waals surface area contributed by atoms with Gasteiger partial charge < -0.3 is 11.1 Å². The van der Waals surface area contributed by atoms with Crippen LogP contribution in [0.3, 0.4) is 0 Å². The molecule has 0 bridgehead atoms. The number of primary sulfonamides is 1. The molecule has 0 aliphatic carbocycles. The Bertz CT molecular complexity index is 210. The highest BCUT2D eigenvalue weighted by Crippen LogP contribution is 1.73. The summed E-state index contributed by atoms with van der Waals surface area (Å²) in [4.78, 5) is 0. The van der Waals surface area contributed by atoms with E-state index in [1.165, 1.54) is 0 Å². The van der Waals surface area contributed by atoms with Crippen LogP contribution < -0.4 is 16.2 Å². The van der Waals surface area contributed by atoms with Crippen LogP contribution in [0.15, 0.2) is 0 Å². The van der Waals surface area contributed by atoms with Crippen LogP contribution in [0.5, 0.6) is 0 Å². The maximum atomic E-state index is 10.3. The minimum absolute atomic E-state index is 0.0728. The zero-order valence-electron chi connectivity index (χ0n) is 5.20. The van der Waals surface area contributed by atoms with Crippen molar-refractivity contribution in [3.8, 4) is 0 Å². The lowest BCUT2D eigenvalue weighted by Gasteiger charge is -2.00. The molecule has 0 saturated carbocycles. The van der Waals surface area contributed by atoms with Gasteiger partial charge in [-0.2, -0.15) is 0 Å². The fourth-order valence-electron chi connectivity index (χ4n) is 0.316. The Morgan fingerprint density at radius 1 is 1.60 bits per heavy atom. The van der Waals surface area contributed by atoms with Crippen LogP contribution in [0.25, 0.3) is 0 Å². The molecule has 60 valence electrons. The Hall–Kier alpha value is -0.400. The molecule has 0 unspecified atom stereocenters. The van der Waals surface area contributed by atoms with Crippen molar-refractivity contribution in [2.75, 3.05) is 12.3 Å². The summed E-state index contributed by atoms with van der Waals surface area (Å²) in [5.74, 6) is -0.162. The van der Waals surface area contributed by atoms with Crippen LogP contribution >= 0.6 is 12.2 Å². The van der Waals surface area contributed by atoms with Crippen LogP contribution in [0.4, 0.5) is 0 Å². The van der Waals surface area contributed by atoms with Gasteiger partial charge in [0.15, 0.2) is 5.11 Å². The van der Waals surface area contributed by atoms with E-state index in [1.54, 1.807) is 0 Å². The van der Waals surface area contributed by atoms with Crippen molar-refractivity contribution in [3.05, 3.63) is 0 Å². The average Bonchev–Trinajstić information content (AvgIpc) is 1.59. The van der Waals surface area contributed by atoms with Gasteiger partial charge in [0.1, 0.15) is 0 Å². The summed E-state index contributed by atoms with van der Waals surface area (Å²) >= 11 is 4.41. The molecular weight excluding hydrogens is 174 g/mol. The van der Waals surface area contributed by atoms with Gasteiger partial charge in [0.25, 0.3) is 0 Å². The predicted molar refractivity (Wildman–Crippen MR) is 42.8 cm³/mol. The number of sulfonamides is 1.